The third kappa shape index (κ3) is 3.79. The van der Waals surface area contributed by atoms with Crippen LogP contribution in [0.1, 0.15) is 64.0 Å². The van der Waals surface area contributed by atoms with Crippen LogP contribution in [0.5, 0.6) is 0 Å². The minimum absolute atomic E-state index is 0.0420. The first-order valence-corrected chi connectivity index (χ1v) is 13.5. The molecular weight excluding hydrogens is 418 g/mol. The summed E-state index contributed by atoms with van der Waals surface area (Å²) in [4.78, 5) is 29.5. The number of pyridine rings is 1. The summed E-state index contributed by atoms with van der Waals surface area (Å²) >= 11 is 1.63. The Kier molecular flexibility index (Phi) is 6.08. The lowest BCUT2D eigenvalue weighted by molar-refractivity contribution is -0.143. The van der Waals surface area contributed by atoms with Gasteiger partial charge in [-0.15, -0.1) is 0 Å². The molecule has 0 aromatic carbocycles. The molecule has 5 rings (SSSR count). The zero-order chi connectivity index (χ0) is 22.3. The predicted molar refractivity (Wildman–Crippen MR) is 127 cm³/mol. The van der Waals surface area contributed by atoms with E-state index >= 15 is 0 Å². The molecule has 1 aromatic rings. The van der Waals surface area contributed by atoms with Crippen LogP contribution in [0.15, 0.2) is 36.0 Å². The van der Waals surface area contributed by atoms with Gasteiger partial charge in [0.1, 0.15) is 5.60 Å². The molecule has 0 spiro atoms. The van der Waals surface area contributed by atoms with Crippen LogP contribution >= 0.6 is 11.8 Å². The van der Waals surface area contributed by atoms with Crippen LogP contribution in [0.4, 0.5) is 0 Å². The lowest BCUT2D eigenvalue weighted by Gasteiger charge is -2.55. The molecule has 0 radical (unpaired) electrons. The molecule has 3 fully saturated rings. The van der Waals surface area contributed by atoms with E-state index in [9.17, 15) is 14.7 Å². The van der Waals surface area contributed by atoms with Gasteiger partial charge in [-0.2, -0.15) is 11.8 Å². The molecule has 0 saturated heterocycles. The highest BCUT2D eigenvalue weighted by molar-refractivity contribution is 7.99. The van der Waals surface area contributed by atoms with Crippen LogP contribution in [-0.4, -0.2) is 38.8 Å². The Balaban J connectivity index is 1.22. The van der Waals surface area contributed by atoms with Gasteiger partial charge in [-0.3, -0.25) is 14.6 Å². The normalized spacial score (nSPS) is 38.4. The Morgan fingerprint density at radius 2 is 1.94 bits per heavy atom. The Morgan fingerprint density at radius 3 is 2.75 bits per heavy atom. The molecule has 32 heavy (non-hydrogen) atoms. The Bertz CT molecular complexity index is 915. The molecule has 0 aliphatic heterocycles. The molecule has 1 aromatic heterocycles. The number of allylic oxidation sites excluding steroid dienone is 1. The number of hydrogen-bond acceptors (Lipinski definition) is 5. The summed E-state index contributed by atoms with van der Waals surface area (Å²) in [5.74, 6) is 3.34. The molecule has 172 valence electrons. The number of nitrogens with zero attached hydrogens (tertiary/aromatic N) is 1. The van der Waals surface area contributed by atoms with E-state index in [1.807, 2.05) is 24.3 Å². The minimum atomic E-state index is -1.13. The zero-order valence-corrected chi connectivity index (χ0v) is 19.9. The average molecular weight is 454 g/mol. The summed E-state index contributed by atoms with van der Waals surface area (Å²) in [5.41, 5.74) is 1.44. The summed E-state index contributed by atoms with van der Waals surface area (Å²) in [5, 5.41) is 11.6. The Morgan fingerprint density at radius 1 is 1.12 bits per heavy atom. The molecule has 3 saturated carbocycles. The van der Waals surface area contributed by atoms with Crippen LogP contribution in [-0.2, 0) is 16.0 Å². The number of fused-ring (bicyclic) bond motifs is 5. The van der Waals surface area contributed by atoms with E-state index in [1.54, 1.807) is 18.0 Å². The number of Topliss-reactive ketones (excluding diaryl/α,β-unsaturated/α-hetero) is 1. The maximum Gasteiger partial charge on any atom is 0.174 e. The number of carbonyl (C=O) groups excluding carboxylic acids is 2. The van der Waals surface area contributed by atoms with Crippen LogP contribution < -0.4 is 0 Å². The molecule has 0 bridgehead atoms. The number of rotatable bonds is 6. The average Bonchev–Trinajstić information content (AvgIpc) is 3.16. The van der Waals surface area contributed by atoms with Gasteiger partial charge >= 0.3 is 0 Å². The van der Waals surface area contributed by atoms with Crippen LogP contribution in [0.2, 0.25) is 0 Å². The van der Waals surface area contributed by atoms with Gasteiger partial charge in [0.25, 0.3) is 0 Å². The summed E-state index contributed by atoms with van der Waals surface area (Å²) in [7, 11) is 0. The van der Waals surface area contributed by atoms with Gasteiger partial charge in [0.15, 0.2) is 11.6 Å². The number of hydrogen-bond donors (Lipinski definition) is 1. The summed E-state index contributed by atoms with van der Waals surface area (Å²) in [6, 6.07) is 5.92. The van der Waals surface area contributed by atoms with E-state index < -0.39 is 5.60 Å². The molecule has 5 unspecified atom stereocenters. The molecule has 6 atom stereocenters. The molecule has 4 aliphatic carbocycles. The maximum absolute atomic E-state index is 13.2. The number of thioether (sulfide) groups is 1. The van der Waals surface area contributed by atoms with E-state index in [0.29, 0.717) is 42.1 Å². The van der Waals surface area contributed by atoms with E-state index in [2.05, 4.69) is 11.9 Å². The van der Waals surface area contributed by atoms with Crippen molar-refractivity contribution in [2.75, 3.05) is 11.5 Å². The number of aliphatic hydroxyl groups is 1. The lowest BCUT2D eigenvalue weighted by Crippen LogP contribution is -2.52. The fourth-order valence-electron chi connectivity index (χ4n) is 7.61. The predicted octanol–water partition coefficient (Wildman–Crippen LogP) is 4.80. The van der Waals surface area contributed by atoms with E-state index in [0.717, 1.165) is 56.4 Å². The molecule has 5 heteroatoms. The number of aryl methyl sites for hydroxylation is 1. The van der Waals surface area contributed by atoms with Crippen molar-refractivity contribution in [3.8, 4) is 0 Å². The highest BCUT2D eigenvalue weighted by atomic mass is 32.2. The first kappa shape index (κ1) is 22.3. The van der Waals surface area contributed by atoms with Gasteiger partial charge < -0.3 is 5.11 Å². The van der Waals surface area contributed by atoms with Gasteiger partial charge in [0, 0.05) is 18.3 Å². The van der Waals surface area contributed by atoms with Crippen molar-refractivity contribution in [1.82, 2.24) is 4.98 Å². The van der Waals surface area contributed by atoms with Crippen LogP contribution in [0, 0.1) is 29.1 Å². The van der Waals surface area contributed by atoms with Crippen molar-refractivity contribution >= 4 is 23.3 Å². The molecule has 4 aliphatic rings. The third-order valence-corrected chi connectivity index (χ3v) is 10.3. The first-order chi connectivity index (χ1) is 15.4. The number of aromatic nitrogens is 1. The first-order valence-electron chi connectivity index (χ1n) is 12.4. The van der Waals surface area contributed by atoms with Gasteiger partial charge in [-0.05, 0) is 104 Å². The number of carbonyl (C=O) groups is 2. The standard InChI is InChI=1S/C27H35NO3S/c1-26-12-9-20(29)16-18(26)5-6-21-22-10-13-27(31,24(22)8-7-23(21)26)25(30)17-32-15-11-19-4-2-3-14-28-19/h2-4,14,16,21-24,31H,5-13,15,17H2,1H3/t21?,22?,23?,24?,26?,27-/m1/s1. The lowest BCUT2D eigenvalue weighted by atomic mass is 9.49. The van der Waals surface area contributed by atoms with Crippen molar-refractivity contribution in [2.45, 2.75) is 70.3 Å². The largest absolute Gasteiger partial charge is 0.382 e. The van der Waals surface area contributed by atoms with Crippen molar-refractivity contribution in [3.05, 3.63) is 41.7 Å². The van der Waals surface area contributed by atoms with Crippen molar-refractivity contribution in [1.29, 1.82) is 0 Å². The smallest absolute Gasteiger partial charge is 0.174 e. The highest BCUT2D eigenvalue weighted by Gasteiger charge is 2.59. The monoisotopic (exact) mass is 453 g/mol. The van der Waals surface area contributed by atoms with Crippen molar-refractivity contribution in [3.63, 3.8) is 0 Å². The highest BCUT2D eigenvalue weighted by Crippen LogP contribution is 2.63. The molecular formula is C27H35NO3S. The van der Waals surface area contributed by atoms with Crippen molar-refractivity contribution < 1.29 is 14.7 Å². The SMILES string of the molecule is CC12CCC(=O)C=C1CCC1C3CC[C@](O)(C(=O)CSCCc4ccccn4)C3CCC12. The minimum Gasteiger partial charge on any atom is -0.382 e. The quantitative estimate of drug-likeness (QED) is 0.627. The zero-order valence-electron chi connectivity index (χ0n) is 19.1. The second-order valence-electron chi connectivity index (χ2n) is 10.7. The second-order valence-corrected chi connectivity index (χ2v) is 11.8. The summed E-state index contributed by atoms with van der Waals surface area (Å²) in [6.45, 7) is 2.38. The van der Waals surface area contributed by atoms with Gasteiger partial charge in [-0.1, -0.05) is 18.6 Å². The maximum atomic E-state index is 13.2. The van der Waals surface area contributed by atoms with E-state index in [-0.39, 0.29) is 17.1 Å². The van der Waals surface area contributed by atoms with Crippen LogP contribution in [0.3, 0.4) is 0 Å². The molecule has 4 nitrogen and oxygen atoms in total. The van der Waals surface area contributed by atoms with Gasteiger partial charge in [-0.25, -0.2) is 0 Å². The van der Waals surface area contributed by atoms with E-state index in [4.69, 9.17) is 0 Å². The Hall–Kier alpha value is -1.46. The van der Waals surface area contributed by atoms with E-state index in [1.165, 1.54) is 5.57 Å². The number of ketones is 2. The van der Waals surface area contributed by atoms with Crippen LogP contribution in [0.25, 0.3) is 0 Å². The topological polar surface area (TPSA) is 67.3 Å². The molecule has 1 heterocycles. The molecule has 0 amide bonds. The van der Waals surface area contributed by atoms with Gasteiger partial charge in [0.05, 0.1) is 5.75 Å². The second kappa shape index (κ2) is 8.72. The fraction of sp³-hybridized carbons (Fsp3) is 0.667. The fourth-order valence-corrected chi connectivity index (χ4v) is 8.54. The third-order valence-electron chi connectivity index (χ3n) is 9.31. The van der Waals surface area contributed by atoms with Crippen molar-refractivity contribution in [2.24, 2.45) is 29.1 Å². The molecule has 1 N–H and O–H groups in total. The Labute approximate surface area is 195 Å². The summed E-state index contributed by atoms with van der Waals surface area (Å²) in [6.07, 6.45) is 12.0. The summed E-state index contributed by atoms with van der Waals surface area (Å²) < 4.78 is 0. The van der Waals surface area contributed by atoms with Gasteiger partial charge in [0.2, 0.25) is 0 Å².